The van der Waals surface area contributed by atoms with E-state index in [4.69, 9.17) is 0 Å². The number of hydrogen-bond donors (Lipinski definition) is 2. The van der Waals surface area contributed by atoms with Gasteiger partial charge in [0.1, 0.15) is 0 Å². The van der Waals surface area contributed by atoms with Crippen LogP contribution in [0.4, 0.5) is 16.2 Å². The number of rotatable bonds is 4. The van der Waals surface area contributed by atoms with Gasteiger partial charge in [0.05, 0.1) is 4.92 Å². The van der Waals surface area contributed by atoms with Crippen molar-refractivity contribution in [3.63, 3.8) is 0 Å². The number of aryl methyl sites for hydroxylation is 2. The molecule has 2 rings (SSSR count). The van der Waals surface area contributed by atoms with Gasteiger partial charge in [-0.05, 0) is 31.0 Å². The number of nitrogens with zero attached hydrogens (tertiary/aromatic N) is 1. The van der Waals surface area contributed by atoms with Crippen molar-refractivity contribution in [3.05, 3.63) is 69.3 Å². The van der Waals surface area contributed by atoms with E-state index in [1.54, 1.807) is 6.92 Å². The lowest BCUT2D eigenvalue weighted by Gasteiger charge is -2.10. The maximum absolute atomic E-state index is 11.9. The van der Waals surface area contributed by atoms with Crippen LogP contribution >= 0.6 is 0 Å². The fourth-order valence-corrected chi connectivity index (χ4v) is 1.96. The third-order valence-electron chi connectivity index (χ3n) is 3.24. The zero-order valence-electron chi connectivity index (χ0n) is 12.4. The van der Waals surface area contributed by atoms with Crippen molar-refractivity contribution >= 4 is 17.4 Å². The number of nitro groups is 1. The minimum Gasteiger partial charge on any atom is -0.334 e. The first-order valence-corrected chi connectivity index (χ1v) is 6.81. The number of anilines is 1. The van der Waals surface area contributed by atoms with Gasteiger partial charge in [0.25, 0.3) is 5.69 Å². The lowest BCUT2D eigenvalue weighted by atomic mass is 10.1. The van der Waals surface area contributed by atoms with Gasteiger partial charge in [0.15, 0.2) is 0 Å². The van der Waals surface area contributed by atoms with E-state index in [0.717, 1.165) is 11.1 Å². The van der Waals surface area contributed by atoms with E-state index in [-0.39, 0.29) is 11.7 Å². The summed E-state index contributed by atoms with van der Waals surface area (Å²) >= 11 is 0. The van der Waals surface area contributed by atoms with Crippen molar-refractivity contribution in [3.8, 4) is 0 Å². The molecule has 0 aromatic heterocycles. The van der Waals surface area contributed by atoms with E-state index in [2.05, 4.69) is 10.6 Å². The van der Waals surface area contributed by atoms with Gasteiger partial charge in [0, 0.05) is 24.4 Å². The van der Waals surface area contributed by atoms with Gasteiger partial charge in [-0.3, -0.25) is 10.1 Å². The Morgan fingerprint density at radius 1 is 1.14 bits per heavy atom. The molecule has 0 fully saturated rings. The summed E-state index contributed by atoms with van der Waals surface area (Å²) in [6, 6.07) is 11.8. The van der Waals surface area contributed by atoms with Crippen LogP contribution in [0.25, 0.3) is 0 Å². The second-order valence-electron chi connectivity index (χ2n) is 5.05. The molecule has 0 aliphatic carbocycles. The van der Waals surface area contributed by atoms with Crippen LogP contribution in [-0.2, 0) is 6.54 Å². The Morgan fingerprint density at radius 2 is 1.82 bits per heavy atom. The summed E-state index contributed by atoms with van der Waals surface area (Å²) in [4.78, 5) is 22.1. The Kier molecular flexibility index (Phi) is 4.73. The van der Waals surface area contributed by atoms with Crippen LogP contribution in [-0.4, -0.2) is 11.0 Å². The Morgan fingerprint density at radius 3 is 2.41 bits per heavy atom. The van der Waals surface area contributed by atoms with Gasteiger partial charge in [-0.25, -0.2) is 4.79 Å². The first-order chi connectivity index (χ1) is 10.5. The average molecular weight is 299 g/mol. The van der Waals surface area contributed by atoms with Crippen LogP contribution in [0.1, 0.15) is 16.7 Å². The van der Waals surface area contributed by atoms with Gasteiger partial charge in [-0.1, -0.05) is 29.8 Å². The first kappa shape index (κ1) is 15.5. The summed E-state index contributed by atoms with van der Waals surface area (Å²) in [6.07, 6.45) is 0. The standard InChI is InChI=1S/C16H17N3O3/c1-11-3-5-13(6-4-11)10-17-16(20)18-15-8-7-14(19(21)22)9-12(15)2/h3-9H,10H2,1-2H3,(H2,17,18,20). The highest BCUT2D eigenvalue weighted by Crippen LogP contribution is 2.21. The highest BCUT2D eigenvalue weighted by molar-refractivity contribution is 5.90. The fraction of sp³-hybridized carbons (Fsp3) is 0.188. The maximum Gasteiger partial charge on any atom is 0.319 e. The number of benzene rings is 2. The van der Waals surface area contributed by atoms with Crippen LogP contribution in [0.5, 0.6) is 0 Å². The van der Waals surface area contributed by atoms with E-state index < -0.39 is 4.92 Å². The largest absolute Gasteiger partial charge is 0.334 e. The minimum atomic E-state index is -0.464. The smallest absolute Gasteiger partial charge is 0.319 e. The lowest BCUT2D eigenvalue weighted by Crippen LogP contribution is -2.28. The Balaban J connectivity index is 1.94. The molecule has 0 unspecified atom stereocenters. The van der Waals surface area contributed by atoms with Gasteiger partial charge >= 0.3 is 6.03 Å². The van der Waals surface area contributed by atoms with E-state index in [1.807, 2.05) is 31.2 Å². The lowest BCUT2D eigenvalue weighted by molar-refractivity contribution is -0.384. The molecule has 2 N–H and O–H groups in total. The Hall–Kier alpha value is -2.89. The van der Waals surface area contributed by atoms with Gasteiger partial charge < -0.3 is 10.6 Å². The fourth-order valence-electron chi connectivity index (χ4n) is 1.96. The maximum atomic E-state index is 11.9. The minimum absolute atomic E-state index is 0.00288. The molecule has 114 valence electrons. The SMILES string of the molecule is Cc1ccc(CNC(=O)Nc2ccc([N+](=O)[O-])cc2C)cc1. The number of carbonyl (C=O) groups excluding carboxylic acids is 1. The number of amides is 2. The summed E-state index contributed by atoms with van der Waals surface area (Å²) in [5, 5.41) is 16.1. The molecule has 22 heavy (non-hydrogen) atoms. The number of nitrogens with one attached hydrogen (secondary N) is 2. The quantitative estimate of drug-likeness (QED) is 0.669. The molecular formula is C16H17N3O3. The Bertz CT molecular complexity index is 696. The van der Waals surface area contributed by atoms with Gasteiger partial charge in [0.2, 0.25) is 0 Å². The number of non-ortho nitro benzene ring substituents is 1. The molecule has 0 heterocycles. The zero-order valence-corrected chi connectivity index (χ0v) is 12.4. The second kappa shape index (κ2) is 6.71. The van der Waals surface area contributed by atoms with Crippen molar-refractivity contribution in [2.45, 2.75) is 20.4 Å². The van der Waals surface area contributed by atoms with E-state index in [0.29, 0.717) is 17.8 Å². The van der Waals surface area contributed by atoms with E-state index >= 15 is 0 Å². The summed E-state index contributed by atoms with van der Waals surface area (Å²) in [7, 11) is 0. The number of nitro benzene ring substituents is 1. The van der Waals surface area contributed by atoms with E-state index in [9.17, 15) is 14.9 Å². The molecule has 2 aromatic rings. The average Bonchev–Trinajstić information content (AvgIpc) is 2.48. The molecule has 0 aliphatic heterocycles. The highest BCUT2D eigenvalue weighted by Gasteiger charge is 2.10. The monoisotopic (exact) mass is 299 g/mol. The van der Waals surface area contributed by atoms with Crippen LogP contribution < -0.4 is 10.6 Å². The number of hydrogen-bond acceptors (Lipinski definition) is 3. The molecule has 2 amide bonds. The summed E-state index contributed by atoms with van der Waals surface area (Å²) in [6.45, 7) is 4.13. The van der Waals surface area contributed by atoms with Crippen LogP contribution in [0.3, 0.4) is 0 Å². The third-order valence-corrected chi connectivity index (χ3v) is 3.24. The second-order valence-corrected chi connectivity index (χ2v) is 5.05. The molecule has 0 aliphatic rings. The van der Waals surface area contributed by atoms with Crippen LogP contribution in [0.2, 0.25) is 0 Å². The van der Waals surface area contributed by atoms with Crippen molar-refractivity contribution < 1.29 is 9.72 Å². The molecule has 0 saturated heterocycles. The van der Waals surface area contributed by atoms with Crippen molar-refractivity contribution in [2.75, 3.05) is 5.32 Å². The summed E-state index contributed by atoms with van der Waals surface area (Å²) in [5.74, 6) is 0. The molecule has 6 heteroatoms. The number of urea groups is 1. The highest BCUT2D eigenvalue weighted by atomic mass is 16.6. The van der Waals surface area contributed by atoms with Crippen LogP contribution in [0.15, 0.2) is 42.5 Å². The van der Waals surface area contributed by atoms with Crippen molar-refractivity contribution in [1.29, 1.82) is 0 Å². The van der Waals surface area contributed by atoms with Crippen molar-refractivity contribution in [1.82, 2.24) is 5.32 Å². The molecule has 0 atom stereocenters. The summed E-state index contributed by atoms with van der Waals surface area (Å²) in [5.41, 5.74) is 3.35. The van der Waals surface area contributed by atoms with Gasteiger partial charge in [-0.15, -0.1) is 0 Å². The van der Waals surface area contributed by atoms with Crippen molar-refractivity contribution in [2.24, 2.45) is 0 Å². The molecule has 0 saturated carbocycles. The third kappa shape index (κ3) is 4.05. The topological polar surface area (TPSA) is 84.3 Å². The molecule has 0 radical (unpaired) electrons. The molecule has 0 bridgehead atoms. The first-order valence-electron chi connectivity index (χ1n) is 6.81. The summed E-state index contributed by atoms with van der Waals surface area (Å²) < 4.78 is 0. The Labute approximate surface area is 128 Å². The molecular weight excluding hydrogens is 282 g/mol. The predicted molar refractivity (Wildman–Crippen MR) is 84.9 cm³/mol. The predicted octanol–water partition coefficient (Wildman–Crippen LogP) is 3.53. The zero-order chi connectivity index (χ0) is 16.1. The molecule has 2 aromatic carbocycles. The van der Waals surface area contributed by atoms with E-state index in [1.165, 1.54) is 18.2 Å². The normalized spacial score (nSPS) is 10.1. The molecule has 0 spiro atoms. The van der Waals surface area contributed by atoms with Gasteiger partial charge in [-0.2, -0.15) is 0 Å². The van der Waals surface area contributed by atoms with Crippen LogP contribution in [0, 0.1) is 24.0 Å². The molecule has 6 nitrogen and oxygen atoms in total. The number of carbonyl (C=O) groups is 1.